The lowest BCUT2D eigenvalue weighted by atomic mass is 10.0. The number of benzene rings is 2. The van der Waals surface area contributed by atoms with Gasteiger partial charge in [-0.25, -0.2) is 0 Å². The molecule has 0 aliphatic heterocycles. The zero-order valence-corrected chi connectivity index (χ0v) is 17.7. The molecule has 2 aromatic carbocycles. The molecular formula is C24H33NO3. The van der Waals surface area contributed by atoms with E-state index < -0.39 is 0 Å². The molecule has 0 aliphatic rings. The van der Waals surface area contributed by atoms with Gasteiger partial charge in [0.2, 0.25) is 0 Å². The van der Waals surface area contributed by atoms with Crippen LogP contribution in [0.15, 0.2) is 42.5 Å². The van der Waals surface area contributed by atoms with E-state index in [0.29, 0.717) is 37.2 Å². The zero-order chi connectivity index (χ0) is 20.5. The van der Waals surface area contributed by atoms with Gasteiger partial charge in [-0.05, 0) is 55.0 Å². The summed E-state index contributed by atoms with van der Waals surface area (Å²) in [6, 6.07) is 13.6. The predicted octanol–water partition coefficient (Wildman–Crippen LogP) is 5.56. The lowest BCUT2D eigenvalue weighted by Gasteiger charge is -2.16. The number of amides is 1. The fraction of sp³-hybridized carbons (Fsp3) is 0.458. The first kappa shape index (κ1) is 21.8. The third-order valence-electron chi connectivity index (χ3n) is 4.55. The summed E-state index contributed by atoms with van der Waals surface area (Å²) in [7, 11) is 0. The Labute approximate surface area is 169 Å². The zero-order valence-electron chi connectivity index (χ0n) is 17.7. The third-order valence-corrected chi connectivity index (χ3v) is 4.55. The third kappa shape index (κ3) is 6.29. The van der Waals surface area contributed by atoms with Gasteiger partial charge in [0, 0.05) is 17.7 Å². The molecule has 0 atom stereocenters. The number of para-hydroxylation sites is 1. The summed E-state index contributed by atoms with van der Waals surface area (Å²) in [5.74, 6) is 2.49. The van der Waals surface area contributed by atoms with Crippen LogP contribution in [0.4, 0.5) is 0 Å². The van der Waals surface area contributed by atoms with E-state index in [1.165, 1.54) is 5.56 Å². The highest BCUT2D eigenvalue weighted by atomic mass is 16.5. The van der Waals surface area contributed by atoms with E-state index in [1.54, 1.807) is 6.07 Å². The first-order valence-electron chi connectivity index (χ1n) is 10.2. The monoisotopic (exact) mass is 383 g/mol. The number of hydrogen-bond donors (Lipinski definition) is 1. The number of rotatable bonds is 10. The van der Waals surface area contributed by atoms with Crippen LogP contribution in [-0.4, -0.2) is 19.1 Å². The maximum atomic E-state index is 12.5. The van der Waals surface area contributed by atoms with Crippen molar-refractivity contribution in [2.24, 2.45) is 5.92 Å². The summed E-state index contributed by atoms with van der Waals surface area (Å²) in [4.78, 5) is 12.5. The summed E-state index contributed by atoms with van der Waals surface area (Å²) >= 11 is 0. The highest BCUT2D eigenvalue weighted by Gasteiger charge is 2.13. The quantitative estimate of drug-likeness (QED) is 0.584. The van der Waals surface area contributed by atoms with Crippen LogP contribution >= 0.6 is 0 Å². The molecule has 0 aromatic heterocycles. The van der Waals surface area contributed by atoms with Gasteiger partial charge in [-0.15, -0.1) is 0 Å². The van der Waals surface area contributed by atoms with Crippen molar-refractivity contribution in [3.63, 3.8) is 0 Å². The van der Waals surface area contributed by atoms with Crippen LogP contribution in [0, 0.1) is 5.92 Å². The standard InChI is InChI=1S/C24H33NO3/c1-6-27-22-12-11-19(24(26)25-14-13-17(2)3)15-20(22)16-28-23-10-8-7-9-21(23)18(4)5/h7-12,15,17-18H,6,13-14,16H2,1-5H3,(H,25,26). The van der Waals surface area contributed by atoms with Gasteiger partial charge in [0.15, 0.2) is 0 Å². The van der Waals surface area contributed by atoms with Gasteiger partial charge in [-0.3, -0.25) is 4.79 Å². The molecule has 2 aromatic rings. The summed E-state index contributed by atoms with van der Waals surface area (Å²) in [5.41, 5.74) is 2.67. The average molecular weight is 384 g/mol. The highest BCUT2D eigenvalue weighted by molar-refractivity contribution is 5.94. The number of nitrogens with one attached hydrogen (secondary N) is 1. The largest absolute Gasteiger partial charge is 0.493 e. The smallest absolute Gasteiger partial charge is 0.251 e. The molecule has 0 spiro atoms. The van der Waals surface area contributed by atoms with Gasteiger partial charge in [-0.2, -0.15) is 0 Å². The number of ether oxygens (including phenoxy) is 2. The molecular weight excluding hydrogens is 350 g/mol. The Morgan fingerprint density at radius 3 is 2.43 bits per heavy atom. The second-order valence-electron chi connectivity index (χ2n) is 7.68. The fourth-order valence-electron chi connectivity index (χ4n) is 2.95. The Hall–Kier alpha value is -2.49. The van der Waals surface area contributed by atoms with Crippen molar-refractivity contribution in [3.05, 3.63) is 59.2 Å². The lowest BCUT2D eigenvalue weighted by molar-refractivity contribution is 0.0952. The Kier molecular flexibility index (Phi) is 8.37. The maximum Gasteiger partial charge on any atom is 0.251 e. The van der Waals surface area contributed by atoms with E-state index >= 15 is 0 Å². The van der Waals surface area contributed by atoms with Crippen molar-refractivity contribution in [2.75, 3.05) is 13.2 Å². The van der Waals surface area contributed by atoms with Crippen molar-refractivity contribution < 1.29 is 14.3 Å². The van der Waals surface area contributed by atoms with Gasteiger partial charge in [0.1, 0.15) is 18.1 Å². The molecule has 0 heterocycles. The van der Waals surface area contributed by atoms with Crippen molar-refractivity contribution in [2.45, 2.75) is 53.6 Å². The highest BCUT2D eigenvalue weighted by Crippen LogP contribution is 2.28. The first-order valence-corrected chi connectivity index (χ1v) is 10.2. The SMILES string of the molecule is CCOc1ccc(C(=O)NCCC(C)C)cc1COc1ccccc1C(C)C. The second-order valence-corrected chi connectivity index (χ2v) is 7.68. The van der Waals surface area contributed by atoms with E-state index in [4.69, 9.17) is 9.47 Å². The van der Waals surface area contributed by atoms with Crippen LogP contribution in [-0.2, 0) is 6.61 Å². The maximum absolute atomic E-state index is 12.5. The minimum Gasteiger partial charge on any atom is -0.493 e. The summed E-state index contributed by atoms with van der Waals surface area (Å²) in [6.45, 7) is 12.1. The minimum atomic E-state index is -0.0625. The molecule has 0 bridgehead atoms. The second kappa shape index (κ2) is 10.7. The van der Waals surface area contributed by atoms with E-state index in [-0.39, 0.29) is 5.91 Å². The van der Waals surface area contributed by atoms with Gasteiger partial charge in [-0.1, -0.05) is 45.9 Å². The Morgan fingerprint density at radius 1 is 1.00 bits per heavy atom. The van der Waals surface area contributed by atoms with E-state index in [1.807, 2.05) is 37.3 Å². The first-order chi connectivity index (χ1) is 13.4. The van der Waals surface area contributed by atoms with Crippen LogP contribution in [0.1, 0.15) is 68.4 Å². The van der Waals surface area contributed by atoms with Crippen molar-refractivity contribution in [1.82, 2.24) is 5.32 Å². The summed E-state index contributed by atoms with van der Waals surface area (Å²) in [6.07, 6.45) is 0.963. The van der Waals surface area contributed by atoms with Gasteiger partial charge in [0.05, 0.1) is 6.61 Å². The predicted molar refractivity (Wildman–Crippen MR) is 114 cm³/mol. The molecule has 0 aliphatic carbocycles. The molecule has 0 saturated carbocycles. The summed E-state index contributed by atoms with van der Waals surface area (Å²) in [5, 5.41) is 2.99. The number of carbonyl (C=O) groups excluding carboxylic acids is 1. The normalized spacial score (nSPS) is 11.0. The molecule has 152 valence electrons. The van der Waals surface area contributed by atoms with Crippen LogP contribution in [0.2, 0.25) is 0 Å². The molecule has 0 saturated heterocycles. The van der Waals surface area contributed by atoms with Crippen LogP contribution in [0.25, 0.3) is 0 Å². The van der Waals surface area contributed by atoms with Crippen LogP contribution < -0.4 is 14.8 Å². The number of hydrogen-bond acceptors (Lipinski definition) is 3. The van der Waals surface area contributed by atoms with E-state index in [2.05, 4.69) is 39.1 Å². The van der Waals surface area contributed by atoms with Gasteiger partial charge in [0.25, 0.3) is 5.91 Å². The molecule has 0 radical (unpaired) electrons. The topological polar surface area (TPSA) is 47.6 Å². The molecule has 4 nitrogen and oxygen atoms in total. The molecule has 1 amide bonds. The Morgan fingerprint density at radius 2 is 1.75 bits per heavy atom. The van der Waals surface area contributed by atoms with Crippen LogP contribution in [0.5, 0.6) is 11.5 Å². The molecule has 4 heteroatoms. The van der Waals surface area contributed by atoms with Gasteiger partial charge < -0.3 is 14.8 Å². The van der Waals surface area contributed by atoms with E-state index in [0.717, 1.165) is 23.5 Å². The molecule has 0 unspecified atom stereocenters. The van der Waals surface area contributed by atoms with Crippen molar-refractivity contribution in [3.8, 4) is 11.5 Å². The molecule has 0 fully saturated rings. The molecule has 28 heavy (non-hydrogen) atoms. The van der Waals surface area contributed by atoms with Gasteiger partial charge >= 0.3 is 0 Å². The fourth-order valence-corrected chi connectivity index (χ4v) is 2.95. The van der Waals surface area contributed by atoms with E-state index in [9.17, 15) is 4.79 Å². The van der Waals surface area contributed by atoms with Crippen molar-refractivity contribution >= 4 is 5.91 Å². The van der Waals surface area contributed by atoms with Crippen molar-refractivity contribution in [1.29, 1.82) is 0 Å². The van der Waals surface area contributed by atoms with Crippen LogP contribution in [0.3, 0.4) is 0 Å². The number of carbonyl (C=O) groups is 1. The Bertz CT molecular complexity index is 768. The molecule has 1 N–H and O–H groups in total. The molecule has 2 rings (SSSR count). The lowest BCUT2D eigenvalue weighted by Crippen LogP contribution is -2.25. The average Bonchev–Trinajstić information content (AvgIpc) is 2.67. The minimum absolute atomic E-state index is 0.0625. The Balaban J connectivity index is 2.16. The summed E-state index contributed by atoms with van der Waals surface area (Å²) < 4.78 is 11.8.